The zero-order chi connectivity index (χ0) is 16.6. The molecule has 0 atom stereocenters. The first-order valence-electron chi connectivity index (χ1n) is 6.88. The van der Waals surface area contributed by atoms with Crippen LogP contribution in [0, 0.1) is 6.92 Å². The molecule has 7 heteroatoms. The number of hydrogen-bond acceptors (Lipinski definition) is 4. The van der Waals surface area contributed by atoms with Gasteiger partial charge in [-0.3, -0.25) is 4.79 Å². The lowest BCUT2D eigenvalue weighted by Gasteiger charge is -2.07. The number of H-pyrrole nitrogens is 1. The van der Waals surface area contributed by atoms with Gasteiger partial charge in [0.2, 0.25) is 0 Å². The maximum atomic E-state index is 12.3. The number of fused-ring (bicyclic) bond motifs is 1. The number of ether oxygens (including phenoxy) is 1. The molecule has 1 heterocycles. The van der Waals surface area contributed by atoms with Crippen LogP contribution in [0.1, 0.15) is 10.4 Å². The third-order valence-corrected chi connectivity index (χ3v) is 3.75. The van der Waals surface area contributed by atoms with Crippen molar-refractivity contribution in [2.45, 2.75) is 6.92 Å². The first-order chi connectivity index (χ1) is 11.0. The molecule has 0 bridgehead atoms. The van der Waals surface area contributed by atoms with E-state index in [-0.39, 0.29) is 6.61 Å². The van der Waals surface area contributed by atoms with Crippen LogP contribution in [-0.4, -0.2) is 22.1 Å². The number of imidazole rings is 1. The molecule has 0 fully saturated rings. The molecule has 0 aliphatic rings. The molecule has 0 saturated carbocycles. The minimum Gasteiger partial charge on any atom is -0.484 e. The highest BCUT2D eigenvalue weighted by atomic mass is 35.5. The number of nitrogens with zero attached hydrogens (tertiary/aromatic N) is 1. The van der Waals surface area contributed by atoms with Crippen molar-refractivity contribution in [3.8, 4) is 5.75 Å². The van der Waals surface area contributed by atoms with Crippen LogP contribution in [0.4, 0.5) is 5.69 Å². The van der Waals surface area contributed by atoms with Gasteiger partial charge in [0.05, 0.1) is 11.0 Å². The van der Waals surface area contributed by atoms with Gasteiger partial charge in [-0.25, -0.2) is 9.36 Å². The number of aromatic amines is 1. The first kappa shape index (κ1) is 15.2. The molecule has 0 spiro atoms. The molecule has 0 amide bonds. The Bertz CT molecular complexity index is 942. The fourth-order valence-electron chi connectivity index (χ4n) is 2.27. The van der Waals surface area contributed by atoms with Gasteiger partial charge in [0, 0.05) is 10.7 Å². The third-order valence-electron chi connectivity index (χ3n) is 3.50. The predicted octanol–water partition coefficient (Wildman–Crippen LogP) is 2.59. The van der Waals surface area contributed by atoms with Crippen LogP contribution in [0.5, 0.6) is 5.75 Å². The fraction of sp³-hybridized carbons (Fsp3) is 0.125. The van der Waals surface area contributed by atoms with Gasteiger partial charge >= 0.3 is 5.69 Å². The molecule has 23 heavy (non-hydrogen) atoms. The van der Waals surface area contributed by atoms with E-state index < -0.39 is 11.6 Å². The molecule has 0 aliphatic heterocycles. The number of aryl methyl sites for hydroxylation is 1. The third kappa shape index (κ3) is 2.93. The molecule has 6 nitrogen and oxygen atoms in total. The highest BCUT2D eigenvalue weighted by Crippen LogP contribution is 2.19. The van der Waals surface area contributed by atoms with Crippen LogP contribution >= 0.6 is 11.6 Å². The zero-order valence-electron chi connectivity index (χ0n) is 12.3. The van der Waals surface area contributed by atoms with Crippen LogP contribution in [-0.2, 0) is 0 Å². The molecule has 0 radical (unpaired) electrons. The van der Waals surface area contributed by atoms with Gasteiger partial charge in [-0.2, -0.15) is 0 Å². The number of benzene rings is 2. The molecule has 0 aliphatic carbocycles. The summed E-state index contributed by atoms with van der Waals surface area (Å²) >= 11 is 5.79. The van der Waals surface area contributed by atoms with Gasteiger partial charge in [-0.1, -0.05) is 11.6 Å². The smallest absolute Gasteiger partial charge is 0.333 e. The van der Waals surface area contributed by atoms with Gasteiger partial charge in [0.15, 0.2) is 6.61 Å². The number of hydrogen-bond donors (Lipinski definition) is 2. The van der Waals surface area contributed by atoms with Crippen LogP contribution in [0.25, 0.3) is 11.0 Å². The summed E-state index contributed by atoms with van der Waals surface area (Å²) in [6, 6.07) is 9.94. The number of nitrogens with two attached hydrogens (primary N) is 1. The summed E-state index contributed by atoms with van der Waals surface area (Å²) in [5.74, 6) is 0.00505. The van der Waals surface area contributed by atoms with E-state index in [0.717, 1.165) is 10.1 Å². The van der Waals surface area contributed by atoms with E-state index in [1.807, 2.05) is 6.92 Å². The van der Waals surface area contributed by atoms with Crippen molar-refractivity contribution in [1.82, 2.24) is 9.55 Å². The van der Waals surface area contributed by atoms with Gasteiger partial charge in [0.25, 0.3) is 5.91 Å². The Morgan fingerprint density at radius 2 is 2.00 bits per heavy atom. The zero-order valence-corrected chi connectivity index (χ0v) is 13.1. The van der Waals surface area contributed by atoms with Crippen molar-refractivity contribution in [2.75, 3.05) is 12.3 Å². The Morgan fingerprint density at radius 1 is 1.30 bits per heavy atom. The average Bonchev–Trinajstić information content (AvgIpc) is 2.82. The summed E-state index contributed by atoms with van der Waals surface area (Å²) in [7, 11) is 0. The lowest BCUT2D eigenvalue weighted by Crippen LogP contribution is -2.28. The maximum Gasteiger partial charge on any atom is 0.333 e. The molecule has 3 N–H and O–H groups in total. The number of rotatable bonds is 3. The summed E-state index contributed by atoms with van der Waals surface area (Å²) < 4.78 is 6.42. The fourth-order valence-corrected chi connectivity index (χ4v) is 2.39. The molecule has 0 saturated heterocycles. The van der Waals surface area contributed by atoms with Crippen LogP contribution in [0.15, 0.2) is 41.2 Å². The van der Waals surface area contributed by atoms with Gasteiger partial charge in [0.1, 0.15) is 5.75 Å². The summed E-state index contributed by atoms with van der Waals surface area (Å²) in [6.45, 7) is 1.55. The Kier molecular flexibility index (Phi) is 3.83. The highest BCUT2D eigenvalue weighted by molar-refractivity contribution is 6.30. The van der Waals surface area contributed by atoms with Crippen LogP contribution < -0.4 is 16.2 Å². The summed E-state index contributed by atoms with van der Waals surface area (Å²) in [5, 5.41) is 0.572. The van der Waals surface area contributed by atoms with Crippen molar-refractivity contribution >= 4 is 34.2 Å². The summed E-state index contributed by atoms with van der Waals surface area (Å²) in [6.07, 6.45) is 0. The molecule has 0 unspecified atom stereocenters. The largest absolute Gasteiger partial charge is 0.484 e. The molecule has 3 aromatic rings. The molecule has 3 rings (SSSR count). The number of nitrogens with one attached hydrogen (secondary N) is 1. The SMILES string of the molecule is Cc1cc2[nH]c(=O)n(C(=O)COc3ccc(Cl)cc3)c2cc1N. The number of carbonyl (C=O) groups is 1. The van der Waals surface area contributed by atoms with E-state index in [9.17, 15) is 9.59 Å². The van der Waals surface area contributed by atoms with E-state index >= 15 is 0 Å². The first-order valence-corrected chi connectivity index (χ1v) is 7.26. The van der Waals surface area contributed by atoms with Crippen molar-refractivity contribution in [1.29, 1.82) is 0 Å². The molecular weight excluding hydrogens is 318 g/mol. The predicted molar refractivity (Wildman–Crippen MR) is 89.3 cm³/mol. The number of nitrogen functional groups attached to an aromatic ring is 1. The van der Waals surface area contributed by atoms with Crippen molar-refractivity contribution < 1.29 is 9.53 Å². The van der Waals surface area contributed by atoms with E-state index in [2.05, 4.69) is 4.98 Å². The molecule has 118 valence electrons. The van der Waals surface area contributed by atoms with Gasteiger partial charge in [-0.15, -0.1) is 0 Å². The van der Waals surface area contributed by atoms with Gasteiger partial charge in [-0.05, 0) is 48.9 Å². The quantitative estimate of drug-likeness (QED) is 0.722. The number of halogens is 1. The van der Waals surface area contributed by atoms with E-state index in [0.29, 0.717) is 27.5 Å². The maximum absolute atomic E-state index is 12.3. The molecular formula is C16H14ClN3O3. The lowest BCUT2D eigenvalue weighted by molar-refractivity contribution is 0.0839. The average molecular weight is 332 g/mol. The molecule has 1 aromatic heterocycles. The Morgan fingerprint density at radius 3 is 2.70 bits per heavy atom. The van der Waals surface area contributed by atoms with Crippen LogP contribution in [0.2, 0.25) is 5.02 Å². The van der Waals surface area contributed by atoms with Crippen LogP contribution in [0.3, 0.4) is 0 Å². The van der Waals surface area contributed by atoms with E-state index in [4.69, 9.17) is 22.1 Å². The number of carbonyl (C=O) groups excluding carboxylic acids is 1. The van der Waals surface area contributed by atoms with Crippen molar-refractivity contribution in [3.63, 3.8) is 0 Å². The number of aromatic nitrogens is 2. The lowest BCUT2D eigenvalue weighted by atomic mass is 10.2. The van der Waals surface area contributed by atoms with Crippen molar-refractivity contribution in [3.05, 3.63) is 57.5 Å². The highest BCUT2D eigenvalue weighted by Gasteiger charge is 2.15. The monoisotopic (exact) mass is 331 g/mol. The Hall–Kier alpha value is -2.73. The van der Waals surface area contributed by atoms with E-state index in [1.54, 1.807) is 36.4 Å². The van der Waals surface area contributed by atoms with Gasteiger partial charge < -0.3 is 15.5 Å². The topological polar surface area (TPSA) is 90.1 Å². The van der Waals surface area contributed by atoms with Crippen molar-refractivity contribution in [2.24, 2.45) is 0 Å². The Balaban J connectivity index is 1.88. The molecule has 2 aromatic carbocycles. The summed E-state index contributed by atoms with van der Waals surface area (Å²) in [5.41, 5.74) is 7.67. The Labute approximate surface area is 136 Å². The summed E-state index contributed by atoms with van der Waals surface area (Å²) in [4.78, 5) is 27.0. The second kappa shape index (κ2) is 5.81. The second-order valence-electron chi connectivity index (χ2n) is 5.13. The second-order valence-corrected chi connectivity index (χ2v) is 5.56. The standard InChI is InChI=1S/C16H14ClN3O3/c1-9-6-13-14(7-12(9)18)20(16(22)19-13)15(21)8-23-11-4-2-10(17)3-5-11/h2-7H,8,18H2,1H3,(H,19,22). The number of anilines is 1. The minimum atomic E-state index is -0.519. The normalized spacial score (nSPS) is 10.9. The van der Waals surface area contributed by atoms with E-state index in [1.165, 1.54) is 0 Å². The minimum absolute atomic E-state index is 0.276.